The first-order valence-electron chi connectivity index (χ1n) is 7.56. The summed E-state index contributed by atoms with van der Waals surface area (Å²) in [4.78, 5) is 48.3. The van der Waals surface area contributed by atoms with Crippen LogP contribution in [0.15, 0.2) is 0 Å². The van der Waals surface area contributed by atoms with Gasteiger partial charge in [0.05, 0.1) is 5.92 Å². The maximum Gasteiger partial charge on any atom is 0.325 e. The van der Waals surface area contributed by atoms with Crippen molar-refractivity contribution in [1.82, 2.24) is 0 Å². The maximum atomic E-state index is 10.7. The number of carbonyl (C=O) groups is 3. The van der Waals surface area contributed by atoms with Crippen LogP contribution in [-0.4, -0.2) is 60.8 Å². The molecule has 1 aliphatic rings. The molecule has 0 radical (unpaired) electrons. The van der Waals surface area contributed by atoms with Crippen molar-refractivity contribution in [3.05, 3.63) is 0 Å². The highest BCUT2D eigenvalue weighted by molar-refractivity contribution is 7.51. The summed E-state index contributed by atoms with van der Waals surface area (Å²) in [5, 5.41) is 25.8. The van der Waals surface area contributed by atoms with Gasteiger partial charge < -0.3 is 36.6 Å². The van der Waals surface area contributed by atoms with E-state index >= 15 is 0 Å². The first kappa shape index (κ1) is 23.5. The molecule has 146 valence electrons. The molecule has 0 aliphatic heterocycles. The summed E-state index contributed by atoms with van der Waals surface area (Å²) < 4.78 is 10.3. The quantitative estimate of drug-likeness (QED) is 0.274. The molecule has 11 nitrogen and oxygen atoms in total. The zero-order valence-corrected chi connectivity index (χ0v) is 14.5. The molecule has 0 aromatic rings. The summed E-state index contributed by atoms with van der Waals surface area (Å²) in [6.07, 6.45) is 1.40. The average molecular weight is 384 g/mol. The van der Waals surface area contributed by atoms with Crippen LogP contribution in [0.3, 0.4) is 0 Å². The Morgan fingerprint density at radius 3 is 2.16 bits per heavy atom. The van der Waals surface area contributed by atoms with E-state index in [4.69, 9.17) is 36.6 Å². The Balaban J connectivity index is 0.000000463. The monoisotopic (exact) mass is 384 g/mol. The second-order valence-corrected chi connectivity index (χ2v) is 7.84. The topological polar surface area (TPSA) is 221 Å². The lowest BCUT2D eigenvalue weighted by molar-refractivity contribution is -0.149. The van der Waals surface area contributed by atoms with Gasteiger partial charge in [-0.1, -0.05) is 6.42 Å². The molecular formula is C13H25N2O9P. The number of rotatable bonds is 7. The minimum absolute atomic E-state index is 0.0394. The molecule has 3 atom stereocenters. The first-order chi connectivity index (χ1) is 11.3. The highest BCUT2D eigenvalue weighted by Gasteiger charge is 2.41. The molecule has 0 heterocycles. The van der Waals surface area contributed by atoms with Gasteiger partial charge in [-0.2, -0.15) is 0 Å². The van der Waals surface area contributed by atoms with E-state index in [-0.39, 0.29) is 25.4 Å². The molecule has 1 saturated carbocycles. The zero-order valence-electron chi connectivity index (χ0n) is 13.6. The van der Waals surface area contributed by atoms with Crippen LogP contribution in [0.25, 0.3) is 0 Å². The van der Waals surface area contributed by atoms with Gasteiger partial charge in [0, 0.05) is 6.16 Å². The van der Waals surface area contributed by atoms with E-state index in [1.54, 1.807) is 0 Å². The van der Waals surface area contributed by atoms with E-state index in [1.165, 1.54) is 0 Å². The molecule has 9 N–H and O–H groups in total. The summed E-state index contributed by atoms with van der Waals surface area (Å²) in [5.74, 6) is -3.80. The molecule has 1 unspecified atom stereocenters. The van der Waals surface area contributed by atoms with Crippen molar-refractivity contribution in [1.29, 1.82) is 0 Å². The fourth-order valence-electron chi connectivity index (χ4n) is 2.35. The number of carboxylic acids is 3. The van der Waals surface area contributed by atoms with Crippen molar-refractivity contribution in [3.63, 3.8) is 0 Å². The minimum Gasteiger partial charge on any atom is -0.481 e. The van der Waals surface area contributed by atoms with Crippen LogP contribution < -0.4 is 11.5 Å². The molecule has 0 amide bonds. The molecular weight excluding hydrogens is 359 g/mol. The van der Waals surface area contributed by atoms with E-state index in [2.05, 4.69) is 0 Å². The highest BCUT2D eigenvalue weighted by Crippen LogP contribution is 2.35. The lowest BCUT2D eigenvalue weighted by atomic mass is 9.76. The van der Waals surface area contributed by atoms with Crippen molar-refractivity contribution in [3.8, 4) is 0 Å². The van der Waals surface area contributed by atoms with Crippen LogP contribution in [0.2, 0.25) is 0 Å². The average Bonchev–Trinajstić information content (AvgIpc) is 2.46. The first-order valence-corrected chi connectivity index (χ1v) is 9.36. The molecule has 0 bridgehead atoms. The number of nitrogens with two attached hydrogens (primary N) is 2. The summed E-state index contributed by atoms with van der Waals surface area (Å²) in [6.45, 7) is 0. The van der Waals surface area contributed by atoms with Gasteiger partial charge in [-0.25, -0.2) is 0 Å². The molecule has 0 spiro atoms. The van der Waals surface area contributed by atoms with E-state index in [1.807, 2.05) is 0 Å². The Morgan fingerprint density at radius 1 is 1.20 bits per heavy atom. The Hall–Kier alpha value is -1.52. The second kappa shape index (κ2) is 9.83. The van der Waals surface area contributed by atoms with Gasteiger partial charge in [0.1, 0.15) is 11.6 Å². The third kappa shape index (κ3) is 9.51. The van der Waals surface area contributed by atoms with Crippen LogP contribution in [0, 0.1) is 5.92 Å². The zero-order chi connectivity index (χ0) is 19.8. The standard InChI is InChI=1S/C8H13NO4.C5H12NO5P/c9-8(7(12)13)3-1-2-5(4-8)6(10)11;6-4(5(7)8)2-1-3-12(9,10)11/h5H,1-4,9H2,(H,10,11)(H,12,13);4H,1-3,6H2,(H,7,8)(H2,9,10,11)/t5-,8+;/m1./s1. The smallest absolute Gasteiger partial charge is 0.325 e. The van der Waals surface area contributed by atoms with Crippen LogP contribution in [0.5, 0.6) is 0 Å². The number of carboxylic acid groups (broad SMARTS) is 3. The van der Waals surface area contributed by atoms with Crippen molar-refractivity contribution in [2.75, 3.05) is 6.16 Å². The van der Waals surface area contributed by atoms with Gasteiger partial charge in [0.15, 0.2) is 0 Å². The Bertz CT molecular complexity index is 536. The molecule has 25 heavy (non-hydrogen) atoms. The summed E-state index contributed by atoms with van der Waals surface area (Å²) in [7, 11) is -4.00. The summed E-state index contributed by atoms with van der Waals surface area (Å²) >= 11 is 0. The van der Waals surface area contributed by atoms with Gasteiger partial charge in [0.2, 0.25) is 0 Å². The molecule has 12 heteroatoms. The lowest BCUT2D eigenvalue weighted by Gasteiger charge is -2.32. The van der Waals surface area contributed by atoms with Gasteiger partial charge >= 0.3 is 25.5 Å². The van der Waals surface area contributed by atoms with E-state index < -0.39 is 43.0 Å². The van der Waals surface area contributed by atoms with Gasteiger partial charge in [-0.15, -0.1) is 0 Å². The molecule has 1 aliphatic carbocycles. The van der Waals surface area contributed by atoms with Crippen molar-refractivity contribution >= 4 is 25.5 Å². The Morgan fingerprint density at radius 2 is 1.76 bits per heavy atom. The lowest BCUT2D eigenvalue weighted by Crippen LogP contribution is -2.52. The Labute approximate surface area is 144 Å². The van der Waals surface area contributed by atoms with Crippen molar-refractivity contribution in [2.24, 2.45) is 17.4 Å². The van der Waals surface area contributed by atoms with Gasteiger partial charge in [0.25, 0.3) is 0 Å². The Kier molecular flexibility index (Phi) is 9.23. The molecule has 1 rings (SSSR count). The predicted octanol–water partition coefficient (Wildman–Crippen LogP) is -0.600. The van der Waals surface area contributed by atoms with Crippen LogP contribution in [0.4, 0.5) is 0 Å². The van der Waals surface area contributed by atoms with Crippen molar-refractivity contribution < 1.29 is 44.1 Å². The second-order valence-electron chi connectivity index (χ2n) is 6.07. The van der Waals surface area contributed by atoms with Crippen LogP contribution >= 0.6 is 7.60 Å². The fraction of sp³-hybridized carbons (Fsp3) is 0.769. The normalized spacial score (nSPS) is 24.6. The maximum absolute atomic E-state index is 10.7. The minimum atomic E-state index is -4.00. The third-order valence-corrected chi connectivity index (χ3v) is 4.74. The molecule has 1 fully saturated rings. The summed E-state index contributed by atoms with van der Waals surface area (Å²) in [6, 6.07) is -1.03. The third-order valence-electron chi connectivity index (χ3n) is 3.84. The molecule has 0 aromatic heterocycles. The van der Waals surface area contributed by atoms with E-state index in [0.29, 0.717) is 19.3 Å². The predicted molar refractivity (Wildman–Crippen MR) is 85.9 cm³/mol. The van der Waals surface area contributed by atoms with Crippen LogP contribution in [-0.2, 0) is 18.9 Å². The van der Waals surface area contributed by atoms with E-state index in [0.717, 1.165) is 0 Å². The summed E-state index contributed by atoms with van der Waals surface area (Å²) in [5.41, 5.74) is 9.33. The number of hydrogen-bond donors (Lipinski definition) is 7. The van der Waals surface area contributed by atoms with Crippen LogP contribution in [0.1, 0.15) is 38.5 Å². The van der Waals surface area contributed by atoms with E-state index in [9.17, 15) is 18.9 Å². The fourth-order valence-corrected chi connectivity index (χ4v) is 2.95. The number of aliphatic carboxylic acids is 3. The van der Waals surface area contributed by atoms with Gasteiger partial charge in [-0.05, 0) is 32.1 Å². The SMILES string of the molecule is NC(CCCP(=O)(O)O)C(=O)O.N[C@@]1(C(=O)O)CCC[C@@H](C(=O)O)C1. The largest absolute Gasteiger partial charge is 0.481 e. The molecule has 0 aromatic carbocycles. The molecule has 0 saturated heterocycles. The number of hydrogen-bond acceptors (Lipinski definition) is 6. The highest BCUT2D eigenvalue weighted by atomic mass is 31.2. The van der Waals surface area contributed by atoms with Gasteiger partial charge in [-0.3, -0.25) is 18.9 Å². The van der Waals surface area contributed by atoms with Crippen molar-refractivity contribution in [2.45, 2.75) is 50.1 Å².